The number of methoxy groups -OCH3 is 1. The first-order chi connectivity index (χ1) is 8.33. The molecule has 1 aromatic carbocycles. The monoisotopic (exact) mass is 237 g/mol. The second kappa shape index (κ2) is 5.77. The summed E-state index contributed by atoms with van der Waals surface area (Å²) in [7, 11) is 1.65. The van der Waals surface area contributed by atoms with Gasteiger partial charge in [-0.25, -0.2) is 0 Å². The molecule has 1 aliphatic heterocycles. The molecule has 2 rings (SSSR count). The third-order valence-electron chi connectivity index (χ3n) is 2.76. The van der Waals surface area contributed by atoms with Crippen LogP contribution in [-0.2, 0) is 4.74 Å². The van der Waals surface area contributed by atoms with E-state index in [-0.39, 0.29) is 0 Å². The quantitative estimate of drug-likeness (QED) is 0.853. The normalized spacial score (nSPS) is 19.1. The van der Waals surface area contributed by atoms with Crippen LogP contribution in [0.2, 0.25) is 0 Å². The van der Waals surface area contributed by atoms with Gasteiger partial charge in [-0.2, -0.15) is 0 Å². The Morgan fingerprint density at radius 2 is 2.29 bits per heavy atom. The first kappa shape index (κ1) is 12.0. The van der Waals surface area contributed by atoms with Crippen molar-refractivity contribution < 1.29 is 14.2 Å². The lowest BCUT2D eigenvalue weighted by Crippen LogP contribution is -2.18. The smallest absolute Gasteiger partial charge is 0.162 e. The molecule has 0 aliphatic carbocycles. The highest BCUT2D eigenvalue weighted by Crippen LogP contribution is 2.30. The van der Waals surface area contributed by atoms with Gasteiger partial charge < -0.3 is 19.5 Å². The van der Waals surface area contributed by atoms with Gasteiger partial charge in [0, 0.05) is 18.4 Å². The number of benzene rings is 1. The minimum atomic E-state index is 0.401. The molecule has 94 valence electrons. The summed E-state index contributed by atoms with van der Waals surface area (Å²) in [4.78, 5) is 0. The molecule has 1 saturated heterocycles. The highest BCUT2D eigenvalue weighted by molar-refractivity contribution is 5.55. The molecule has 0 radical (unpaired) electrons. The summed E-state index contributed by atoms with van der Waals surface area (Å²) in [5, 5.41) is 3.42. The standard InChI is InChI=1S/C13H19NO3/c1-3-17-12-5-4-10(8-13(12)15-2)14-11-6-7-16-9-11/h4-5,8,11,14H,3,6-7,9H2,1-2H3. The summed E-state index contributed by atoms with van der Waals surface area (Å²) >= 11 is 0. The van der Waals surface area contributed by atoms with E-state index in [2.05, 4.69) is 5.32 Å². The molecule has 1 aliphatic rings. The maximum atomic E-state index is 5.48. The minimum Gasteiger partial charge on any atom is -0.493 e. The molecule has 1 atom stereocenters. The van der Waals surface area contributed by atoms with Gasteiger partial charge in [-0.1, -0.05) is 0 Å². The number of hydrogen-bond donors (Lipinski definition) is 1. The molecule has 1 fully saturated rings. The average molecular weight is 237 g/mol. The molecule has 0 amide bonds. The van der Waals surface area contributed by atoms with Crippen molar-refractivity contribution in [3.8, 4) is 11.5 Å². The average Bonchev–Trinajstić information content (AvgIpc) is 2.84. The van der Waals surface area contributed by atoms with Gasteiger partial charge in [0.25, 0.3) is 0 Å². The summed E-state index contributed by atoms with van der Waals surface area (Å²) in [5.41, 5.74) is 1.04. The molecular weight excluding hydrogens is 218 g/mol. The predicted molar refractivity (Wildman–Crippen MR) is 67.0 cm³/mol. The van der Waals surface area contributed by atoms with Crippen LogP contribution in [-0.4, -0.2) is 33.0 Å². The molecule has 1 heterocycles. The Hall–Kier alpha value is -1.42. The van der Waals surface area contributed by atoms with Crippen molar-refractivity contribution in [2.24, 2.45) is 0 Å². The number of hydrogen-bond acceptors (Lipinski definition) is 4. The zero-order valence-corrected chi connectivity index (χ0v) is 10.4. The second-order valence-corrected chi connectivity index (χ2v) is 4.00. The first-order valence-electron chi connectivity index (χ1n) is 5.98. The molecule has 1 aromatic rings. The zero-order valence-electron chi connectivity index (χ0n) is 10.4. The maximum Gasteiger partial charge on any atom is 0.162 e. The Labute approximate surface area is 102 Å². The fraction of sp³-hybridized carbons (Fsp3) is 0.538. The number of rotatable bonds is 5. The molecule has 4 nitrogen and oxygen atoms in total. The highest BCUT2D eigenvalue weighted by Gasteiger charge is 2.15. The Bertz CT molecular complexity index is 362. The van der Waals surface area contributed by atoms with E-state index in [0.29, 0.717) is 12.6 Å². The van der Waals surface area contributed by atoms with Crippen molar-refractivity contribution in [3.05, 3.63) is 18.2 Å². The van der Waals surface area contributed by atoms with Crippen LogP contribution in [0.25, 0.3) is 0 Å². The first-order valence-corrected chi connectivity index (χ1v) is 5.98. The van der Waals surface area contributed by atoms with Crippen molar-refractivity contribution in [1.82, 2.24) is 0 Å². The van der Waals surface area contributed by atoms with E-state index in [0.717, 1.165) is 36.8 Å². The van der Waals surface area contributed by atoms with Gasteiger partial charge in [0.1, 0.15) is 0 Å². The number of ether oxygens (including phenoxy) is 3. The summed E-state index contributed by atoms with van der Waals surface area (Å²) in [6.45, 7) is 4.21. The number of nitrogens with one attached hydrogen (secondary N) is 1. The summed E-state index contributed by atoms with van der Waals surface area (Å²) in [5.74, 6) is 1.54. The Morgan fingerprint density at radius 3 is 2.94 bits per heavy atom. The van der Waals surface area contributed by atoms with Gasteiger partial charge >= 0.3 is 0 Å². The van der Waals surface area contributed by atoms with Gasteiger partial charge in [0.05, 0.1) is 26.4 Å². The lowest BCUT2D eigenvalue weighted by molar-refractivity contribution is 0.195. The SMILES string of the molecule is CCOc1ccc(NC2CCOC2)cc1OC. The predicted octanol–water partition coefficient (Wildman–Crippen LogP) is 2.29. The van der Waals surface area contributed by atoms with Crippen molar-refractivity contribution in [3.63, 3.8) is 0 Å². The lowest BCUT2D eigenvalue weighted by atomic mass is 10.2. The summed E-state index contributed by atoms with van der Waals surface area (Å²) in [6.07, 6.45) is 1.05. The summed E-state index contributed by atoms with van der Waals surface area (Å²) in [6, 6.07) is 6.30. The van der Waals surface area contributed by atoms with Crippen LogP contribution in [0.4, 0.5) is 5.69 Å². The van der Waals surface area contributed by atoms with E-state index in [1.807, 2.05) is 25.1 Å². The van der Waals surface area contributed by atoms with Gasteiger partial charge in [-0.15, -0.1) is 0 Å². The molecule has 0 aromatic heterocycles. The van der Waals surface area contributed by atoms with Crippen LogP contribution in [0, 0.1) is 0 Å². The lowest BCUT2D eigenvalue weighted by Gasteiger charge is -2.15. The largest absolute Gasteiger partial charge is 0.493 e. The van der Waals surface area contributed by atoms with Crippen LogP contribution in [0.15, 0.2) is 18.2 Å². The minimum absolute atomic E-state index is 0.401. The maximum absolute atomic E-state index is 5.48. The van der Waals surface area contributed by atoms with Crippen molar-refractivity contribution in [2.45, 2.75) is 19.4 Å². The Morgan fingerprint density at radius 1 is 1.41 bits per heavy atom. The van der Waals surface area contributed by atoms with Crippen LogP contribution in [0.5, 0.6) is 11.5 Å². The van der Waals surface area contributed by atoms with Crippen LogP contribution < -0.4 is 14.8 Å². The molecule has 17 heavy (non-hydrogen) atoms. The van der Waals surface area contributed by atoms with Gasteiger partial charge in [-0.3, -0.25) is 0 Å². The van der Waals surface area contributed by atoms with Gasteiger partial charge in [0.15, 0.2) is 11.5 Å². The molecule has 1 N–H and O–H groups in total. The van der Waals surface area contributed by atoms with E-state index in [4.69, 9.17) is 14.2 Å². The third-order valence-corrected chi connectivity index (χ3v) is 2.76. The summed E-state index contributed by atoms with van der Waals surface area (Å²) < 4.78 is 16.1. The topological polar surface area (TPSA) is 39.7 Å². The van der Waals surface area contributed by atoms with Gasteiger partial charge in [-0.05, 0) is 25.5 Å². The van der Waals surface area contributed by atoms with Crippen LogP contribution in [0.3, 0.4) is 0 Å². The third kappa shape index (κ3) is 3.03. The zero-order chi connectivity index (χ0) is 12.1. The fourth-order valence-corrected chi connectivity index (χ4v) is 1.92. The van der Waals surface area contributed by atoms with E-state index in [1.54, 1.807) is 7.11 Å². The van der Waals surface area contributed by atoms with Gasteiger partial charge in [0.2, 0.25) is 0 Å². The fourth-order valence-electron chi connectivity index (χ4n) is 1.92. The van der Waals surface area contributed by atoms with Crippen molar-refractivity contribution in [2.75, 3.05) is 32.2 Å². The Kier molecular flexibility index (Phi) is 4.09. The molecular formula is C13H19NO3. The van der Waals surface area contributed by atoms with E-state index in [1.165, 1.54) is 0 Å². The second-order valence-electron chi connectivity index (χ2n) is 4.00. The van der Waals surface area contributed by atoms with E-state index in [9.17, 15) is 0 Å². The van der Waals surface area contributed by atoms with Crippen LogP contribution >= 0.6 is 0 Å². The molecule has 0 saturated carbocycles. The Balaban J connectivity index is 2.07. The van der Waals surface area contributed by atoms with E-state index >= 15 is 0 Å². The van der Waals surface area contributed by atoms with Crippen molar-refractivity contribution in [1.29, 1.82) is 0 Å². The number of anilines is 1. The molecule has 1 unspecified atom stereocenters. The molecule has 0 bridgehead atoms. The highest BCUT2D eigenvalue weighted by atomic mass is 16.5. The molecule has 4 heteroatoms. The van der Waals surface area contributed by atoms with Crippen molar-refractivity contribution >= 4 is 5.69 Å². The molecule has 0 spiro atoms. The van der Waals surface area contributed by atoms with E-state index < -0.39 is 0 Å². The van der Waals surface area contributed by atoms with Crippen LogP contribution in [0.1, 0.15) is 13.3 Å².